The SMILES string of the molecule is CC(=O)c1ccc(S(=O)(=O)Nc2ccc(-c3nc(C)no3)cc2)cc1. The van der Waals surface area contributed by atoms with Gasteiger partial charge in [-0.3, -0.25) is 9.52 Å². The molecule has 7 nitrogen and oxygen atoms in total. The van der Waals surface area contributed by atoms with Gasteiger partial charge < -0.3 is 4.52 Å². The minimum atomic E-state index is -3.74. The molecule has 1 N–H and O–H groups in total. The summed E-state index contributed by atoms with van der Waals surface area (Å²) in [6, 6.07) is 12.3. The van der Waals surface area contributed by atoms with Crippen LogP contribution in [0.1, 0.15) is 23.1 Å². The van der Waals surface area contributed by atoms with E-state index in [9.17, 15) is 13.2 Å². The van der Waals surface area contributed by atoms with Gasteiger partial charge in [0.2, 0.25) is 0 Å². The number of anilines is 1. The summed E-state index contributed by atoms with van der Waals surface area (Å²) in [5.74, 6) is 0.768. The molecule has 8 heteroatoms. The van der Waals surface area contributed by atoms with Crippen LogP contribution < -0.4 is 4.72 Å². The lowest BCUT2D eigenvalue weighted by Gasteiger charge is -2.08. The molecule has 0 spiro atoms. The van der Waals surface area contributed by atoms with Crippen LogP contribution >= 0.6 is 0 Å². The normalized spacial score (nSPS) is 11.3. The van der Waals surface area contributed by atoms with Crippen LogP contribution in [0.5, 0.6) is 0 Å². The molecule has 0 bridgehead atoms. The van der Waals surface area contributed by atoms with Crippen molar-refractivity contribution in [2.24, 2.45) is 0 Å². The first kappa shape index (κ1) is 16.8. The Balaban J connectivity index is 1.79. The average molecular weight is 357 g/mol. The van der Waals surface area contributed by atoms with E-state index in [-0.39, 0.29) is 10.7 Å². The van der Waals surface area contributed by atoms with Crippen LogP contribution in [-0.4, -0.2) is 24.3 Å². The smallest absolute Gasteiger partial charge is 0.261 e. The second-order valence-electron chi connectivity index (χ2n) is 5.41. The fourth-order valence-electron chi connectivity index (χ4n) is 2.18. The Morgan fingerprint density at radius 3 is 2.20 bits per heavy atom. The Labute approximate surface area is 144 Å². The number of sulfonamides is 1. The molecule has 0 amide bonds. The van der Waals surface area contributed by atoms with E-state index >= 15 is 0 Å². The summed E-state index contributed by atoms with van der Waals surface area (Å²) in [6.45, 7) is 3.14. The molecule has 3 rings (SSSR count). The van der Waals surface area contributed by atoms with Crippen LogP contribution in [0.3, 0.4) is 0 Å². The van der Waals surface area contributed by atoms with Crippen molar-refractivity contribution in [1.29, 1.82) is 0 Å². The molecule has 0 saturated heterocycles. The molecule has 2 aromatic carbocycles. The van der Waals surface area contributed by atoms with E-state index in [2.05, 4.69) is 14.9 Å². The Bertz CT molecular complexity index is 1010. The number of nitrogens with one attached hydrogen (secondary N) is 1. The summed E-state index contributed by atoms with van der Waals surface area (Å²) >= 11 is 0. The van der Waals surface area contributed by atoms with Crippen LogP contribution in [-0.2, 0) is 10.0 Å². The third kappa shape index (κ3) is 3.74. The van der Waals surface area contributed by atoms with Crippen molar-refractivity contribution in [3.05, 3.63) is 59.9 Å². The van der Waals surface area contributed by atoms with Gasteiger partial charge in [0.1, 0.15) is 0 Å². The summed E-state index contributed by atoms with van der Waals surface area (Å²) in [6.07, 6.45) is 0. The van der Waals surface area contributed by atoms with Crippen molar-refractivity contribution in [3.63, 3.8) is 0 Å². The summed E-state index contributed by atoms with van der Waals surface area (Å²) in [7, 11) is -3.74. The molecule has 0 atom stereocenters. The van der Waals surface area contributed by atoms with Gasteiger partial charge in [0, 0.05) is 16.8 Å². The number of carbonyl (C=O) groups excluding carboxylic acids is 1. The van der Waals surface area contributed by atoms with Crippen molar-refractivity contribution in [2.75, 3.05) is 4.72 Å². The van der Waals surface area contributed by atoms with Crippen molar-refractivity contribution in [1.82, 2.24) is 10.1 Å². The number of aryl methyl sites for hydroxylation is 1. The maximum atomic E-state index is 12.4. The highest BCUT2D eigenvalue weighted by Crippen LogP contribution is 2.22. The number of benzene rings is 2. The molecule has 128 valence electrons. The summed E-state index contributed by atoms with van der Waals surface area (Å²) in [4.78, 5) is 15.5. The number of hydrogen-bond acceptors (Lipinski definition) is 6. The standard InChI is InChI=1S/C17H15N3O4S/c1-11(21)13-5-9-16(10-6-13)25(22,23)20-15-7-3-14(4-8-15)17-18-12(2)19-24-17/h3-10,20H,1-2H3. The maximum absolute atomic E-state index is 12.4. The molecule has 25 heavy (non-hydrogen) atoms. The number of rotatable bonds is 5. The van der Waals surface area contributed by atoms with Crippen molar-refractivity contribution >= 4 is 21.5 Å². The molecule has 0 aliphatic rings. The van der Waals surface area contributed by atoms with Gasteiger partial charge in [-0.05, 0) is 50.2 Å². The largest absolute Gasteiger partial charge is 0.334 e. The van der Waals surface area contributed by atoms with Crippen LogP contribution in [0.4, 0.5) is 5.69 Å². The fraction of sp³-hybridized carbons (Fsp3) is 0.118. The molecule has 0 saturated carbocycles. The maximum Gasteiger partial charge on any atom is 0.261 e. The van der Waals surface area contributed by atoms with E-state index in [1.165, 1.54) is 31.2 Å². The zero-order valence-electron chi connectivity index (χ0n) is 13.6. The molecular weight excluding hydrogens is 342 g/mol. The lowest BCUT2D eigenvalue weighted by atomic mass is 10.2. The van der Waals surface area contributed by atoms with Gasteiger partial charge in [-0.1, -0.05) is 17.3 Å². The van der Waals surface area contributed by atoms with Gasteiger partial charge in [0.05, 0.1) is 4.90 Å². The van der Waals surface area contributed by atoms with Gasteiger partial charge in [0.25, 0.3) is 15.9 Å². The number of aromatic nitrogens is 2. The highest BCUT2D eigenvalue weighted by molar-refractivity contribution is 7.92. The topological polar surface area (TPSA) is 102 Å². The van der Waals surface area contributed by atoms with Crippen LogP contribution in [0.25, 0.3) is 11.5 Å². The van der Waals surface area contributed by atoms with Crippen LogP contribution in [0.15, 0.2) is 57.9 Å². The predicted octanol–water partition coefficient (Wildman–Crippen LogP) is 3.05. The molecular formula is C17H15N3O4S. The molecule has 0 aliphatic heterocycles. The monoisotopic (exact) mass is 357 g/mol. The van der Waals surface area contributed by atoms with Crippen LogP contribution in [0.2, 0.25) is 0 Å². The van der Waals surface area contributed by atoms with E-state index in [1.807, 2.05) is 0 Å². The highest BCUT2D eigenvalue weighted by Gasteiger charge is 2.15. The minimum absolute atomic E-state index is 0.0779. The fourth-order valence-corrected chi connectivity index (χ4v) is 3.24. The summed E-state index contributed by atoms with van der Waals surface area (Å²) < 4.78 is 32.4. The van der Waals surface area contributed by atoms with Gasteiger partial charge in [-0.25, -0.2) is 8.42 Å². The van der Waals surface area contributed by atoms with E-state index in [0.717, 1.165) is 0 Å². The van der Waals surface area contributed by atoms with Gasteiger partial charge >= 0.3 is 0 Å². The second-order valence-corrected chi connectivity index (χ2v) is 7.09. The summed E-state index contributed by atoms with van der Waals surface area (Å²) in [5, 5.41) is 3.71. The Morgan fingerprint density at radius 2 is 1.68 bits per heavy atom. The van der Waals surface area contributed by atoms with Gasteiger partial charge in [-0.2, -0.15) is 4.98 Å². The van der Waals surface area contributed by atoms with E-state index in [1.54, 1.807) is 31.2 Å². The quantitative estimate of drug-likeness (QED) is 0.704. The number of Topliss-reactive ketones (excluding diaryl/α,β-unsaturated/α-hetero) is 1. The molecule has 1 aromatic heterocycles. The number of carbonyl (C=O) groups is 1. The molecule has 0 aliphatic carbocycles. The van der Waals surface area contributed by atoms with E-state index in [0.29, 0.717) is 28.5 Å². The summed E-state index contributed by atoms with van der Waals surface area (Å²) in [5.41, 5.74) is 1.54. The highest BCUT2D eigenvalue weighted by atomic mass is 32.2. The Morgan fingerprint density at radius 1 is 1.04 bits per heavy atom. The van der Waals surface area contributed by atoms with Crippen LogP contribution in [0, 0.1) is 6.92 Å². The first-order valence-corrected chi connectivity index (χ1v) is 8.88. The number of nitrogens with zero attached hydrogens (tertiary/aromatic N) is 2. The first-order chi connectivity index (χ1) is 11.8. The molecule has 0 fully saturated rings. The van der Waals surface area contributed by atoms with Crippen molar-refractivity contribution < 1.29 is 17.7 Å². The average Bonchev–Trinajstić information content (AvgIpc) is 3.02. The zero-order chi connectivity index (χ0) is 18.0. The molecule has 0 unspecified atom stereocenters. The zero-order valence-corrected chi connectivity index (χ0v) is 14.4. The lowest BCUT2D eigenvalue weighted by molar-refractivity contribution is 0.101. The minimum Gasteiger partial charge on any atom is -0.334 e. The van der Waals surface area contributed by atoms with Gasteiger partial charge in [0.15, 0.2) is 11.6 Å². The number of hydrogen-bond donors (Lipinski definition) is 1. The second kappa shape index (κ2) is 6.48. The molecule has 3 aromatic rings. The van der Waals surface area contributed by atoms with Crippen molar-refractivity contribution in [3.8, 4) is 11.5 Å². The van der Waals surface area contributed by atoms with E-state index in [4.69, 9.17) is 4.52 Å². The first-order valence-electron chi connectivity index (χ1n) is 7.40. The molecule has 1 heterocycles. The van der Waals surface area contributed by atoms with E-state index < -0.39 is 10.0 Å². The van der Waals surface area contributed by atoms with Crippen molar-refractivity contribution in [2.45, 2.75) is 18.7 Å². The Hall–Kier alpha value is -3.00. The number of ketones is 1. The van der Waals surface area contributed by atoms with Gasteiger partial charge in [-0.15, -0.1) is 0 Å². The third-order valence-electron chi connectivity index (χ3n) is 3.48. The predicted molar refractivity (Wildman–Crippen MR) is 91.7 cm³/mol. The lowest BCUT2D eigenvalue weighted by Crippen LogP contribution is -2.13. The third-order valence-corrected chi connectivity index (χ3v) is 4.88. The molecule has 0 radical (unpaired) electrons. The Kier molecular flexibility index (Phi) is 4.37.